The van der Waals surface area contributed by atoms with Crippen LogP contribution in [0.15, 0.2) is 23.8 Å². The predicted molar refractivity (Wildman–Crippen MR) is 173 cm³/mol. The van der Waals surface area contributed by atoms with Gasteiger partial charge in [0.1, 0.15) is 24.4 Å². The molecule has 45 heavy (non-hydrogen) atoms. The first kappa shape index (κ1) is 35.5. The van der Waals surface area contributed by atoms with Gasteiger partial charge in [-0.15, -0.1) is 0 Å². The van der Waals surface area contributed by atoms with Gasteiger partial charge in [0.05, 0.1) is 24.4 Å². The zero-order valence-corrected chi connectivity index (χ0v) is 29.2. The van der Waals surface area contributed by atoms with Gasteiger partial charge in [0.25, 0.3) is 0 Å². The number of methoxy groups -OCH3 is 1. The maximum absolute atomic E-state index is 10.7. The summed E-state index contributed by atoms with van der Waals surface area (Å²) in [5.74, 6) is 1.90. The average Bonchev–Trinajstić information content (AvgIpc) is 3.24. The van der Waals surface area contributed by atoms with Gasteiger partial charge in [-0.2, -0.15) is 0 Å². The number of rotatable bonds is 8. The molecule has 1 heterocycles. The fourth-order valence-corrected chi connectivity index (χ4v) is 11.2. The molecule has 258 valence electrons. The van der Waals surface area contributed by atoms with Crippen molar-refractivity contribution in [1.29, 1.82) is 0 Å². The summed E-state index contributed by atoms with van der Waals surface area (Å²) in [6.45, 7) is 17.6. The van der Waals surface area contributed by atoms with Gasteiger partial charge >= 0.3 is 0 Å². The zero-order chi connectivity index (χ0) is 33.3. The Bertz CT molecular complexity index is 1130. The lowest BCUT2D eigenvalue weighted by Gasteiger charge is -2.67. The van der Waals surface area contributed by atoms with Crippen molar-refractivity contribution in [3.63, 3.8) is 0 Å². The molecule has 1 saturated heterocycles. The molecular weight excluding hydrogens is 572 g/mol. The van der Waals surface area contributed by atoms with E-state index in [4.69, 9.17) is 14.2 Å². The molecule has 4 fully saturated rings. The van der Waals surface area contributed by atoms with Crippen LogP contribution in [0.4, 0.5) is 0 Å². The molecule has 0 unspecified atom stereocenters. The van der Waals surface area contributed by atoms with Crippen LogP contribution in [-0.4, -0.2) is 87.8 Å². The normalized spacial score (nSPS) is 48.8. The Morgan fingerprint density at radius 1 is 0.978 bits per heavy atom. The van der Waals surface area contributed by atoms with Crippen LogP contribution in [0.5, 0.6) is 0 Å². The van der Waals surface area contributed by atoms with Crippen LogP contribution in [0.2, 0.25) is 0 Å². The fraction of sp³-hybridized carbons (Fsp3) is 0.892. The summed E-state index contributed by atoms with van der Waals surface area (Å²) in [5, 5.41) is 51.3. The van der Waals surface area contributed by atoms with E-state index in [1.54, 1.807) is 0 Å². The molecule has 14 atom stereocenters. The van der Waals surface area contributed by atoms with Gasteiger partial charge in [-0.25, -0.2) is 0 Å². The Labute approximate surface area is 271 Å². The van der Waals surface area contributed by atoms with E-state index in [-0.39, 0.29) is 33.9 Å². The van der Waals surface area contributed by atoms with E-state index in [0.717, 1.165) is 25.7 Å². The minimum absolute atomic E-state index is 0.0275. The second-order valence-electron chi connectivity index (χ2n) is 17.2. The van der Waals surface area contributed by atoms with Crippen molar-refractivity contribution in [2.24, 2.45) is 45.3 Å². The fourth-order valence-electron chi connectivity index (χ4n) is 11.2. The van der Waals surface area contributed by atoms with E-state index >= 15 is 0 Å². The summed E-state index contributed by atoms with van der Waals surface area (Å²) in [7, 11) is 1.85. The molecule has 8 heteroatoms. The van der Waals surface area contributed by atoms with Crippen LogP contribution in [0.1, 0.15) is 100 Å². The Kier molecular flexibility index (Phi) is 9.65. The van der Waals surface area contributed by atoms with E-state index in [2.05, 4.69) is 53.7 Å². The van der Waals surface area contributed by atoms with Crippen LogP contribution in [-0.2, 0) is 14.2 Å². The second-order valence-corrected chi connectivity index (χ2v) is 17.2. The third-order valence-corrected chi connectivity index (χ3v) is 13.9. The first-order valence-electron chi connectivity index (χ1n) is 17.5. The highest BCUT2D eigenvalue weighted by atomic mass is 16.7. The van der Waals surface area contributed by atoms with Gasteiger partial charge in [-0.05, 0) is 92.8 Å². The van der Waals surface area contributed by atoms with Gasteiger partial charge < -0.3 is 39.7 Å². The lowest BCUT2D eigenvalue weighted by molar-refractivity contribution is -0.320. The zero-order valence-electron chi connectivity index (χ0n) is 29.2. The lowest BCUT2D eigenvalue weighted by atomic mass is 9.38. The largest absolute Gasteiger partial charge is 0.394 e. The highest BCUT2D eigenvalue weighted by Gasteiger charge is 2.69. The van der Waals surface area contributed by atoms with Crippen molar-refractivity contribution < 1.29 is 39.7 Å². The van der Waals surface area contributed by atoms with Gasteiger partial charge in [-0.3, -0.25) is 0 Å². The predicted octanol–water partition coefficient (Wildman–Crippen LogP) is 4.75. The van der Waals surface area contributed by atoms with Crippen LogP contribution in [0.3, 0.4) is 0 Å². The molecule has 5 N–H and O–H groups in total. The smallest absolute Gasteiger partial charge is 0.187 e. The molecule has 0 aromatic carbocycles. The van der Waals surface area contributed by atoms with Crippen LogP contribution in [0, 0.1) is 45.3 Å². The summed E-state index contributed by atoms with van der Waals surface area (Å²) < 4.78 is 18.6. The molecule has 0 spiro atoms. The third-order valence-electron chi connectivity index (χ3n) is 13.9. The van der Waals surface area contributed by atoms with Crippen molar-refractivity contribution in [2.75, 3.05) is 13.7 Å². The van der Waals surface area contributed by atoms with Crippen molar-refractivity contribution in [3.8, 4) is 0 Å². The van der Waals surface area contributed by atoms with E-state index in [0.29, 0.717) is 23.7 Å². The standard InChI is InChI=1S/C37H62O8/c1-21(11-10-15-33(2,3)42)22-14-16-37(8)31-25(43-9)19-24-23(35(31,6)17-18-36(22,37)7)12-13-27(34(24,4)5)45-32-30(41)29(40)28(39)26(20-38)44-32/h10,15,19,21-23,25-32,38-42H,11-14,16-18,20H2,1-9H3/b15-10+/t21-,22-,23-,25+,26-,27+,28-,29-,30-,31-,32+,35+,36-,37+/m1/s1. The highest BCUT2D eigenvalue weighted by Crippen LogP contribution is 2.75. The summed E-state index contributed by atoms with van der Waals surface area (Å²) >= 11 is 0. The molecule has 0 aromatic rings. The number of hydrogen-bond acceptors (Lipinski definition) is 8. The van der Waals surface area contributed by atoms with Gasteiger partial charge in [-0.1, -0.05) is 65.3 Å². The Morgan fingerprint density at radius 3 is 2.29 bits per heavy atom. The molecule has 3 saturated carbocycles. The van der Waals surface area contributed by atoms with Gasteiger partial charge in [0.15, 0.2) is 6.29 Å². The van der Waals surface area contributed by atoms with E-state index in [1.165, 1.54) is 24.8 Å². The van der Waals surface area contributed by atoms with Crippen molar-refractivity contribution in [1.82, 2.24) is 0 Å². The molecule has 5 aliphatic rings. The molecule has 0 amide bonds. The number of fused-ring (bicyclic) bond motifs is 5. The maximum atomic E-state index is 10.7. The SMILES string of the molecule is CO[C@H]1C=C2[C@@H](CC[C@H](O[C@@H]3O[C@H](CO)[C@@H](O)[C@@H](O)[C@H]3O)C2(C)C)[C@]2(C)CC[C@]3(C)[C@@H]([C@H](C)C/C=C/C(C)(C)O)CC[C@@]3(C)[C@H]12. The van der Waals surface area contributed by atoms with Crippen molar-refractivity contribution in [3.05, 3.63) is 23.8 Å². The van der Waals surface area contributed by atoms with E-state index in [1.807, 2.05) is 27.0 Å². The number of allylic oxidation sites excluding steroid dienone is 1. The van der Waals surface area contributed by atoms with Crippen LogP contribution < -0.4 is 0 Å². The monoisotopic (exact) mass is 634 g/mol. The molecule has 8 nitrogen and oxygen atoms in total. The first-order valence-corrected chi connectivity index (χ1v) is 17.5. The van der Waals surface area contributed by atoms with Crippen molar-refractivity contribution >= 4 is 0 Å². The molecule has 5 rings (SSSR count). The molecule has 0 radical (unpaired) electrons. The topological polar surface area (TPSA) is 129 Å². The van der Waals surface area contributed by atoms with Crippen molar-refractivity contribution in [2.45, 2.75) is 149 Å². The number of aliphatic hydroxyl groups is 5. The minimum atomic E-state index is -1.46. The first-order chi connectivity index (χ1) is 20.9. The summed E-state index contributed by atoms with van der Waals surface area (Å²) in [6, 6.07) is 0. The second kappa shape index (κ2) is 12.2. The number of aliphatic hydroxyl groups excluding tert-OH is 4. The summed E-state index contributed by atoms with van der Waals surface area (Å²) in [4.78, 5) is 0. The lowest BCUT2D eigenvalue weighted by Crippen LogP contribution is -2.64. The van der Waals surface area contributed by atoms with Crippen LogP contribution in [0.25, 0.3) is 0 Å². The molecule has 1 aliphatic heterocycles. The van der Waals surface area contributed by atoms with Gasteiger partial charge in [0.2, 0.25) is 0 Å². The van der Waals surface area contributed by atoms with Crippen LogP contribution >= 0.6 is 0 Å². The average molecular weight is 635 g/mol. The molecule has 0 bridgehead atoms. The summed E-state index contributed by atoms with van der Waals surface area (Å²) in [6.07, 6.45) is 7.25. The van der Waals surface area contributed by atoms with E-state index in [9.17, 15) is 25.5 Å². The Hall–Kier alpha value is -0.840. The molecule has 0 aromatic heterocycles. The molecular formula is C37H62O8. The maximum Gasteiger partial charge on any atom is 0.187 e. The number of hydrogen-bond donors (Lipinski definition) is 5. The van der Waals surface area contributed by atoms with Gasteiger partial charge in [0, 0.05) is 18.4 Å². The molecule has 4 aliphatic carbocycles. The van der Waals surface area contributed by atoms with E-state index < -0.39 is 42.9 Å². The quantitative estimate of drug-likeness (QED) is 0.242. The summed E-state index contributed by atoms with van der Waals surface area (Å²) in [5.41, 5.74) is 0.554. The highest BCUT2D eigenvalue weighted by molar-refractivity contribution is 5.33. The third kappa shape index (κ3) is 5.71. The Balaban J connectivity index is 1.42. The Morgan fingerprint density at radius 2 is 1.67 bits per heavy atom. The minimum Gasteiger partial charge on any atom is -0.394 e. The number of ether oxygens (including phenoxy) is 3.